The molecule has 5 nitrogen and oxygen atoms in total. The number of hydrogen-bond donors (Lipinski definition) is 1. The first-order valence-corrected chi connectivity index (χ1v) is 9.20. The van der Waals surface area contributed by atoms with Crippen LogP contribution in [0, 0.1) is 0 Å². The Morgan fingerprint density at radius 2 is 1.81 bits per heavy atom. The third-order valence-corrected chi connectivity index (χ3v) is 5.31. The molecule has 0 saturated carbocycles. The van der Waals surface area contributed by atoms with E-state index in [1.807, 2.05) is 6.07 Å². The van der Waals surface area contributed by atoms with Gasteiger partial charge in [0.15, 0.2) is 6.04 Å². The number of aromatic nitrogens is 2. The number of halogens is 3. The zero-order valence-corrected chi connectivity index (χ0v) is 14.7. The molecule has 2 aromatic rings. The number of rotatable bonds is 2. The van der Waals surface area contributed by atoms with Crippen LogP contribution in [0.25, 0.3) is 0 Å². The van der Waals surface area contributed by atoms with Gasteiger partial charge in [0, 0.05) is 19.5 Å². The number of nitrogens with zero attached hydrogens (tertiary/aromatic N) is 3. The molecule has 0 spiro atoms. The summed E-state index contributed by atoms with van der Waals surface area (Å²) in [6.45, 7) is 1.27. The molecule has 0 aliphatic carbocycles. The Hall–Kier alpha value is -2.51. The second-order valence-electron chi connectivity index (χ2n) is 7.11. The summed E-state index contributed by atoms with van der Waals surface area (Å²) in [6, 6.07) is 6.71. The van der Waals surface area contributed by atoms with Gasteiger partial charge in [-0.3, -0.25) is 4.79 Å². The van der Waals surface area contributed by atoms with E-state index in [4.69, 9.17) is 0 Å². The van der Waals surface area contributed by atoms with Gasteiger partial charge in [0.05, 0.1) is 12.2 Å². The van der Waals surface area contributed by atoms with Gasteiger partial charge in [-0.2, -0.15) is 18.3 Å². The number of hydrogen-bond acceptors (Lipinski definition) is 3. The van der Waals surface area contributed by atoms with Gasteiger partial charge in [-0.1, -0.05) is 30.3 Å². The summed E-state index contributed by atoms with van der Waals surface area (Å²) in [4.78, 5) is 14.6. The number of benzene rings is 1. The van der Waals surface area contributed by atoms with Crippen molar-refractivity contribution in [1.82, 2.24) is 14.7 Å². The average Bonchev–Trinajstić information content (AvgIpc) is 3.11. The molecule has 2 atom stereocenters. The summed E-state index contributed by atoms with van der Waals surface area (Å²) in [7, 11) is 0. The number of nitrogens with one attached hydrogen (secondary N) is 1. The summed E-state index contributed by atoms with van der Waals surface area (Å²) < 4.78 is 42.0. The van der Waals surface area contributed by atoms with Gasteiger partial charge in [-0.25, -0.2) is 4.68 Å². The van der Waals surface area contributed by atoms with E-state index in [0.29, 0.717) is 13.1 Å². The Labute approximate surface area is 155 Å². The quantitative estimate of drug-likeness (QED) is 0.853. The van der Waals surface area contributed by atoms with Crippen LogP contribution in [0.3, 0.4) is 0 Å². The van der Waals surface area contributed by atoms with E-state index in [0.717, 1.165) is 29.5 Å². The zero-order valence-electron chi connectivity index (χ0n) is 14.7. The van der Waals surface area contributed by atoms with E-state index >= 15 is 0 Å². The highest BCUT2D eigenvalue weighted by Crippen LogP contribution is 2.44. The molecule has 1 aromatic carbocycles. The van der Waals surface area contributed by atoms with E-state index in [-0.39, 0.29) is 23.7 Å². The van der Waals surface area contributed by atoms with Crippen LogP contribution in [0.2, 0.25) is 0 Å². The predicted octanol–water partition coefficient (Wildman–Crippen LogP) is 4.17. The van der Waals surface area contributed by atoms with Crippen molar-refractivity contribution in [3.8, 4) is 0 Å². The Kier molecular flexibility index (Phi) is 4.57. The predicted molar refractivity (Wildman–Crippen MR) is 94.5 cm³/mol. The number of carbonyl (C=O) groups excluding carboxylic acids is 1. The third-order valence-electron chi connectivity index (χ3n) is 5.31. The molecule has 1 amide bonds. The third kappa shape index (κ3) is 3.40. The molecule has 2 aliphatic heterocycles. The lowest BCUT2D eigenvalue weighted by atomic mass is 9.96. The van der Waals surface area contributed by atoms with E-state index in [9.17, 15) is 18.0 Å². The van der Waals surface area contributed by atoms with Crippen molar-refractivity contribution in [2.75, 3.05) is 18.4 Å². The molecule has 4 rings (SSSR count). The number of likely N-dealkylation sites (tertiary alicyclic amines) is 1. The lowest BCUT2D eigenvalue weighted by Gasteiger charge is -2.34. The molecule has 0 radical (unpaired) electrons. The first kappa shape index (κ1) is 17.9. The van der Waals surface area contributed by atoms with Crippen LogP contribution >= 0.6 is 0 Å². The van der Waals surface area contributed by atoms with Crippen molar-refractivity contribution in [2.45, 2.75) is 43.9 Å². The largest absolute Gasteiger partial charge is 0.410 e. The van der Waals surface area contributed by atoms with Gasteiger partial charge >= 0.3 is 6.18 Å². The van der Waals surface area contributed by atoms with E-state index in [2.05, 4.69) is 10.4 Å². The van der Waals surface area contributed by atoms with Crippen LogP contribution in [0.5, 0.6) is 0 Å². The van der Waals surface area contributed by atoms with Crippen molar-refractivity contribution < 1.29 is 18.0 Å². The summed E-state index contributed by atoms with van der Waals surface area (Å²) in [5, 5.41) is 7.07. The second-order valence-corrected chi connectivity index (χ2v) is 7.11. The van der Waals surface area contributed by atoms with Crippen LogP contribution in [-0.4, -0.2) is 39.9 Å². The van der Waals surface area contributed by atoms with Crippen LogP contribution in [0.15, 0.2) is 36.5 Å². The smallest absolute Gasteiger partial charge is 0.363 e. The number of alkyl halides is 3. The lowest BCUT2D eigenvalue weighted by molar-refractivity contribution is -0.173. The molecule has 0 unspecified atom stereocenters. The van der Waals surface area contributed by atoms with Gasteiger partial charge in [0.25, 0.3) is 5.91 Å². The van der Waals surface area contributed by atoms with E-state index < -0.39 is 18.3 Å². The molecule has 144 valence electrons. The number of fused-ring (bicyclic) bond motifs is 1. The van der Waals surface area contributed by atoms with Crippen molar-refractivity contribution in [3.05, 3.63) is 47.7 Å². The molecular weight excluding hydrogens is 357 g/mol. The molecule has 2 aliphatic rings. The topological polar surface area (TPSA) is 50.2 Å². The van der Waals surface area contributed by atoms with Crippen molar-refractivity contribution in [2.24, 2.45) is 0 Å². The minimum atomic E-state index is -4.44. The molecule has 1 aromatic heterocycles. The Bertz CT molecular complexity index is 812. The minimum Gasteiger partial charge on any atom is -0.363 e. The molecule has 8 heteroatoms. The van der Waals surface area contributed by atoms with Gasteiger partial charge in [0.2, 0.25) is 0 Å². The Balaban J connectivity index is 1.71. The highest BCUT2D eigenvalue weighted by molar-refractivity contribution is 5.99. The van der Waals surface area contributed by atoms with E-state index in [1.165, 1.54) is 6.20 Å². The summed E-state index contributed by atoms with van der Waals surface area (Å²) in [5.41, 5.74) is 0.974. The fourth-order valence-corrected chi connectivity index (χ4v) is 3.89. The van der Waals surface area contributed by atoms with Gasteiger partial charge in [-0.15, -0.1) is 0 Å². The summed E-state index contributed by atoms with van der Waals surface area (Å²) in [5.74, 6) is -0.0916. The van der Waals surface area contributed by atoms with Crippen LogP contribution in [0.1, 0.15) is 53.7 Å². The van der Waals surface area contributed by atoms with E-state index in [1.54, 1.807) is 29.2 Å². The SMILES string of the molecule is O=C(c1cnn2c1N[C@@H](c1ccccc1)C[C@H]2C(F)(F)F)N1CCCCC1. The Morgan fingerprint density at radius 3 is 2.48 bits per heavy atom. The van der Waals surface area contributed by atoms with Crippen LogP contribution in [0.4, 0.5) is 19.0 Å². The number of piperidine rings is 1. The number of carbonyl (C=O) groups is 1. The van der Waals surface area contributed by atoms with Crippen LogP contribution < -0.4 is 5.32 Å². The second kappa shape index (κ2) is 6.90. The maximum atomic E-state index is 13.7. The highest BCUT2D eigenvalue weighted by Gasteiger charge is 2.47. The minimum absolute atomic E-state index is 0.160. The average molecular weight is 378 g/mol. The van der Waals surface area contributed by atoms with Crippen LogP contribution in [-0.2, 0) is 0 Å². The lowest BCUT2D eigenvalue weighted by Crippen LogP contribution is -2.38. The molecule has 1 N–H and O–H groups in total. The molecule has 27 heavy (non-hydrogen) atoms. The normalized spacial score (nSPS) is 22.9. The summed E-state index contributed by atoms with van der Waals surface area (Å²) in [6.07, 6.45) is -0.437. The van der Waals surface area contributed by atoms with Gasteiger partial charge < -0.3 is 10.2 Å². The molecule has 1 saturated heterocycles. The van der Waals surface area contributed by atoms with Crippen molar-refractivity contribution in [3.63, 3.8) is 0 Å². The van der Waals surface area contributed by atoms with Gasteiger partial charge in [0.1, 0.15) is 11.4 Å². The standard InChI is InChI=1S/C19H21F3N4O/c20-19(21,22)16-11-15(13-7-3-1-4-8-13)24-17-14(12-23-26(16)17)18(27)25-9-5-2-6-10-25/h1,3-4,7-8,12,15-16,24H,2,5-6,9-11H2/t15-,16+/m1/s1. The fourth-order valence-electron chi connectivity index (χ4n) is 3.89. The molecule has 0 bridgehead atoms. The summed E-state index contributed by atoms with van der Waals surface area (Å²) >= 11 is 0. The molecule has 3 heterocycles. The number of anilines is 1. The maximum Gasteiger partial charge on any atom is 0.410 e. The van der Waals surface area contributed by atoms with Crippen molar-refractivity contribution in [1.29, 1.82) is 0 Å². The zero-order chi connectivity index (χ0) is 19.0. The molecule has 1 fully saturated rings. The molecular formula is C19H21F3N4O. The fraction of sp³-hybridized carbons (Fsp3) is 0.474. The monoisotopic (exact) mass is 378 g/mol. The number of amides is 1. The first-order chi connectivity index (χ1) is 12.9. The van der Waals surface area contributed by atoms with Gasteiger partial charge in [-0.05, 0) is 24.8 Å². The maximum absolute atomic E-state index is 13.7. The Morgan fingerprint density at radius 1 is 1.11 bits per heavy atom. The first-order valence-electron chi connectivity index (χ1n) is 9.20. The highest BCUT2D eigenvalue weighted by atomic mass is 19.4. The van der Waals surface area contributed by atoms with Crippen molar-refractivity contribution >= 4 is 11.7 Å².